The Morgan fingerprint density at radius 1 is 1.22 bits per heavy atom. The van der Waals surface area contributed by atoms with Crippen LogP contribution in [0, 0.1) is 13.8 Å². The van der Waals surface area contributed by atoms with Crippen molar-refractivity contribution in [2.75, 3.05) is 12.9 Å². The molecule has 0 N–H and O–H groups in total. The minimum Gasteiger partial charge on any atom is -0.461 e. The highest BCUT2D eigenvalue weighted by molar-refractivity contribution is 7.98. The van der Waals surface area contributed by atoms with E-state index in [1.165, 1.54) is 11.8 Å². The molecule has 0 aliphatic carbocycles. The van der Waals surface area contributed by atoms with Crippen LogP contribution in [-0.4, -0.2) is 28.8 Å². The molecule has 0 bridgehead atoms. The van der Waals surface area contributed by atoms with Crippen molar-refractivity contribution < 1.29 is 9.53 Å². The Hall–Kier alpha value is -1.88. The molecule has 0 saturated heterocycles. The molecule has 0 aliphatic heterocycles. The Labute approximate surface area is 142 Å². The Kier molecular flexibility index (Phi) is 7.75. The van der Waals surface area contributed by atoms with Crippen molar-refractivity contribution in [3.63, 3.8) is 0 Å². The molecule has 4 nitrogen and oxygen atoms in total. The third-order valence-electron chi connectivity index (χ3n) is 3.31. The van der Waals surface area contributed by atoms with Gasteiger partial charge in [0, 0.05) is 11.8 Å². The summed E-state index contributed by atoms with van der Waals surface area (Å²) >= 11 is 1.40. The quantitative estimate of drug-likeness (QED) is 0.462. The lowest BCUT2D eigenvalue weighted by atomic mass is 9.97. The topological polar surface area (TPSA) is 52.1 Å². The highest BCUT2D eigenvalue weighted by atomic mass is 32.2. The van der Waals surface area contributed by atoms with E-state index < -0.39 is 5.97 Å². The predicted octanol–water partition coefficient (Wildman–Crippen LogP) is 4.69. The zero-order valence-electron chi connectivity index (χ0n) is 14.6. The zero-order valence-corrected chi connectivity index (χ0v) is 15.5. The monoisotopic (exact) mass is 332 g/mol. The van der Waals surface area contributed by atoms with Crippen LogP contribution in [0.5, 0.6) is 0 Å². The summed E-state index contributed by atoms with van der Waals surface area (Å²) in [4.78, 5) is 20.8. The van der Waals surface area contributed by atoms with Crippen LogP contribution in [0.3, 0.4) is 0 Å². The van der Waals surface area contributed by atoms with Crippen LogP contribution >= 0.6 is 11.8 Å². The molecular formula is C18H24N2O2S. The average molecular weight is 332 g/mol. The van der Waals surface area contributed by atoms with Gasteiger partial charge in [0.15, 0.2) is 10.9 Å². The summed E-state index contributed by atoms with van der Waals surface area (Å²) in [5, 5.41) is 0.562. The number of hydrogen-bond donors (Lipinski definition) is 0. The van der Waals surface area contributed by atoms with Crippen molar-refractivity contribution in [3.05, 3.63) is 41.2 Å². The minimum atomic E-state index is -0.411. The molecular weight excluding hydrogens is 308 g/mol. The highest BCUT2D eigenvalue weighted by Gasteiger charge is 2.19. The number of aromatic nitrogens is 2. The number of ether oxygens (including phenoxy) is 1. The van der Waals surface area contributed by atoms with Gasteiger partial charge < -0.3 is 4.74 Å². The van der Waals surface area contributed by atoms with Gasteiger partial charge in [0.2, 0.25) is 0 Å². The lowest BCUT2D eigenvalue weighted by molar-refractivity contribution is 0.0519. The molecule has 0 aliphatic rings. The van der Waals surface area contributed by atoms with Crippen molar-refractivity contribution in [1.29, 1.82) is 0 Å². The maximum Gasteiger partial charge on any atom is 0.357 e. The number of aryl methyl sites for hydroxylation is 1. The number of nitrogens with zero attached hydrogens (tertiary/aromatic N) is 2. The van der Waals surface area contributed by atoms with E-state index in [1.54, 1.807) is 13.1 Å². The van der Waals surface area contributed by atoms with Gasteiger partial charge >= 0.3 is 5.97 Å². The molecule has 0 fully saturated rings. The summed E-state index contributed by atoms with van der Waals surface area (Å²) in [6.07, 6.45) is 3.58. The van der Waals surface area contributed by atoms with Gasteiger partial charge in [0.05, 0.1) is 6.61 Å². The summed E-state index contributed by atoms with van der Waals surface area (Å²) in [7, 11) is 0. The van der Waals surface area contributed by atoms with E-state index in [9.17, 15) is 4.79 Å². The van der Waals surface area contributed by atoms with Crippen molar-refractivity contribution in [2.24, 2.45) is 0 Å². The molecule has 0 radical (unpaired) electrons. The van der Waals surface area contributed by atoms with E-state index in [2.05, 4.69) is 9.97 Å². The molecule has 0 spiro atoms. The average Bonchev–Trinajstić information content (AvgIpc) is 2.59. The summed E-state index contributed by atoms with van der Waals surface area (Å²) in [5.41, 5.74) is 4.28. The number of carbonyl (C=O) groups excluding carboxylic acids is 1. The largest absolute Gasteiger partial charge is 0.461 e. The van der Waals surface area contributed by atoms with Crippen LogP contribution in [0.1, 0.15) is 42.4 Å². The van der Waals surface area contributed by atoms with Gasteiger partial charge in [-0.25, -0.2) is 14.8 Å². The smallest absolute Gasteiger partial charge is 0.357 e. The predicted molar refractivity (Wildman–Crippen MR) is 96.0 cm³/mol. The van der Waals surface area contributed by atoms with Crippen molar-refractivity contribution >= 4 is 17.7 Å². The van der Waals surface area contributed by atoms with Crippen molar-refractivity contribution in [2.45, 2.75) is 39.8 Å². The Balaban J connectivity index is 0.00000127. The molecule has 0 atom stereocenters. The second kappa shape index (κ2) is 9.30. The Bertz CT molecular complexity index is 672. The summed E-state index contributed by atoms with van der Waals surface area (Å²) in [5.74, 6) is -0.411. The number of benzene rings is 1. The molecule has 23 heavy (non-hydrogen) atoms. The fourth-order valence-electron chi connectivity index (χ4n) is 2.06. The zero-order chi connectivity index (χ0) is 17.4. The second-order valence-electron chi connectivity index (χ2n) is 4.59. The lowest BCUT2D eigenvalue weighted by Gasteiger charge is -2.12. The van der Waals surface area contributed by atoms with E-state index in [1.807, 2.05) is 52.1 Å². The molecule has 1 heterocycles. The molecule has 1 aromatic heterocycles. The summed E-state index contributed by atoms with van der Waals surface area (Å²) in [6.45, 7) is 10.2. The summed E-state index contributed by atoms with van der Waals surface area (Å²) < 4.78 is 5.12. The molecule has 5 heteroatoms. The van der Waals surface area contributed by atoms with Gasteiger partial charge in [-0.3, -0.25) is 0 Å². The first-order chi connectivity index (χ1) is 11.1. The van der Waals surface area contributed by atoms with E-state index in [0.717, 1.165) is 16.7 Å². The van der Waals surface area contributed by atoms with Crippen molar-refractivity contribution in [3.8, 4) is 11.1 Å². The fourth-order valence-corrected chi connectivity index (χ4v) is 2.40. The number of carbonyl (C=O) groups is 1. The van der Waals surface area contributed by atoms with Gasteiger partial charge in [-0.2, -0.15) is 0 Å². The first-order valence-corrected chi connectivity index (χ1v) is 8.95. The third-order valence-corrected chi connectivity index (χ3v) is 3.87. The minimum absolute atomic E-state index is 0.323. The Morgan fingerprint density at radius 3 is 2.52 bits per heavy atom. The van der Waals surface area contributed by atoms with Crippen molar-refractivity contribution in [1.82, 2.24) is 9.97 Å². The standard InChI is InChI=1S/C16H18N2O2S.C2H6/c1-5-20-15(19)14-13(9-17-16(18-14)21-4)12-8-6-7-10(2)11(12)3;1-2/h6-9H,5H2,1-4H3;1-2H3. The first kappa shape index (κ1) is 19.2. The lowest BCUT2D eigenvalue weighted by Crippen LogP contribution is -2.11. The van der Waals surface area contributed by atoms with Gasteiger partial charge in [-0.15, -0.1) is 0 Å². The summed E-state index contributed by atoms with van der Waals surface area (Å²) in [6, 6.07) is 5.98. The van der Waals surface area contributed by atoms with Crippen LogP contribution in [0.15, 0.2) is 29.6 Å². The van der Waals surface area contributed by atoms with E-state index >= 15 is 0 Å². The molecule has 124 valence electrons. The molecule has 0 saturated carbocycles. The molecule has 0 amide bonds. The number of esters is 1. The van der Waals surface area contributed by atoms with Crippen LogP contribution < -0.4 is 0 Å². The van der Waals surface area contributed by atoms with Crippen LogP contribution in [0.2, 0.25) is 0 Å². The molecule has 2 rings (SSSR count). The van der Waals surface area contributed by atoms with Gasteiger partial charge in [0.25, 0.3) is 0 Å². The van der Waals surface area contributed by atoms with Gasteiger partial charge in [0.1, 0.15) is 0 Å². The molecule has 0 unspecified atom stereocenters. The number of hydrogen-bond acceptors (Lipinski definition) is 5. The second-order valence-corrected chi connectivity index (χ2v) is 5.36. The van der Waals surface area contributed by atoms with Gasteiger partial charge in [-0.05, 0) is 43.7 Å². The number of thioether (sulfide) groups is 1. The van der Waals surface area contributed by atoms with E-state index in [4.69, 9.17) is 4.74 Å². The SMILES string of the molecule is CC.CCOC(=O)c1nc(SC)ncc1-c1cccc(C)c1C. The Morgan fingerprint density at radius 2 is 1.91 bits per heavy atom. The maximum atomic E-state index is 12.2. The first-order valence-electron chi connectivity index (χ1n) is 7.73. The van der Waals surface area contributed by atoms with Gasteiger partial charge in [-0.1, -0.05) is 43.8 Å². The van der Waals surface area contributed by atoms with E-state index in [0.29, 0.717) is 23.0 Å². The highest BCUT2D eigenvalue weighted by Crippen LogP contribution is 2.28. The maximum absolute atomic E-state index is 12.2. The van der Waals surface area contributed by atoms with Crippen LogP contribution in [0.4, 0.5) is 0 Å². The van der Waals surface area contributed by atoms with Crippen LogP contribution in [0.25, 0.3) is 11.1 Å². The normalized spacial score (nSPS) is 9.83. The number of rotatable bonds is 4. The van der Waals surface area contributed by atoms with Crippen LogP contribution in [-0.2, 0) is 4.74 Å². The third kappa shape index (κ3) is 4.55. The molecule has 1 aromatic carbocycles. The fraction of sp³-hybridized carbons (Fsp3) is 0.389. The van der Waals surface area contributed by atoms with E-state index in [-0.39, 0.29) is 0 Å². The molecule has 2 aromatic rings.